The molecule has 0 aliphatic carbocycles. The average Bonchev–Trinajstić information content (AvgIpc) is 2.80. The van der Waals surface area contributed by atoms with Gasteiger partial charge in [0.05, 0.1) is 18.8 Å². The number of carboxylic acid groups (broad SMARTS) is 1. The van der Waals surface area contributed by atoms with Crippen molar-refractivity contribution in [2.45, 2.75) is 18.6 Å². The molecule has 20 heavy (non-hydrogen) atoms. The van der Waals surface area contributed by atoms with Crippen molar-refractivity contribution < 1.29 is 24.5 Å². The SMILES string of the molecule is COc1ccc(C(=O)N2C[C@H](O)C[C@@H]2C(=O)O)c(N)c1. The Balaban J connectivity index is 2.29. The molecule has 1 fully saturated rings. The van der Waals surface area contributed by atoms with E-state index in [1.165, 1.54) is 19.2 Å². The van der Waals surface area contributed by atoms with Crippen LogP contribution in [-0.2, 0) is 4.79 Å². The molecule has 7 heteroatoms. The van der Waals surface area contributed by atoms with Crippen molar-refractivity contribution in [1.29, 1.82) is 0 Å². The average molecular weight is 280 g/mol. The number of ether oxygens (including phenoxy) is 1. The molecule has 1 aromatic carbocycles. The van der Waals surface area contributed by atoms with Crippen LogP contribution in [0, 0.1) is 0 Å². The van der Waals surface area contributed by atoms with Crippen molar-refractivity contribution in [3.63, 3.8) is 0 Å². The van der Waals surface area contributed by atoms with E-state index in [2.05, 4.69) is 0 Å². The number of anilines is 1. The number of β-amino-alcohol motifs (C(OH)–C–C–N with tert-alkyl or cyclic N) is 1. The molecule has 7 nitrogen and oxygen atoms in total. The van der Waals surface area contributed by atoms with Gasteiger partial charge in [-0.05, 0) is 12.1 Å². The molecule has 1 amide bonds. The highest BCUT2D eigenvalue weighted by Crippen LogP contribution is 2.25. The van der Waals surface area contributed by atoms with Gasteiger partial charge >= 0.3 is 5.97 Å². The molecule has 1 aromatic rings. The van der Waals surface area contributed by atoms with E-state index in [-0.39, 0.29) is 24.2 Å². The Morgan fingerprint density at radius 1 is 1.45 bits per heavy atom. The number of carboxylic acids is 1. The number of likely N-dealkylation sites (tertiary alicyclic amines) is 1. The highest BCUT2D eigenvalue weighted by Gasteiger charge is 2.39. The van der Waals surface area contributed by atoms with Crippen molar-refractivity contribution in [2.75, 3.05) is 19.4 Å². The van der Waals surface area contributed by atoms with Gasteiger partial charge in [-0.25, -0.2) is 4.79 Å². The number of carbonyl (C=O) groups excluding carboxylic acids is 1. The number of hydrogen-bond donors (Lipinski definition) is 3. The molecular formula is C13H16N2O5. The van der Waals surface area contributed by atoms with Crippen molar-refractivity contribution >= 4 is 17.6 Å². The Morgan fingerprint density at radius 3 is 2.70 bits per heavy atom. The van der Waals surface area contributed by atoms with E-state index in [9.17, 15) is 14.7 Å². The molecule has 0 saturated carbocycles. The highest BCUT2D eigenvalue weighted by molar-refractivity contribution is 6.01. The van der Waals surface area contributed by atoms with Crippen molar-refractivity contribution in [3.05, 3.63) is 23.8 Å². The first-order valence-corrected chi connectivity index (χ1v) is 6.09. The van der Waals surface area contributed by atoms with E-state index >= 15 is 0 Å². The Morgan fingerprint density at radius 2 is 2.15 bits per heavy atom. The van der Waals surface area contributed by atoms with Gasteiger partial charge < -0.3 is 25.6 Å². The molecule has 0 spiro atoms. The summed E-state index contributed by atoms with van der Waals surface area (Å²) >= 11 is 0. The highest BCUT2D eigenvalue weighted by atomic mass is 16.5. The first-order valence-electron chi connectivity index (χ1n) is 6.09. The maximum absolute atomic E-state index is 12.4. The first kappa shape index (κ1) is 14.1. The first-order chi connectivity index (χ1) is 9.43. The number of rotatable bonds is 3. The summed E-state index contributed by atoms with van der Waals surface area (Å²) in [5.74, 6) is -1.13. The Hall–Kier alpha value is -2.28. The van der Waals surface area contributed by atoms with Gasteiger partial charge in [-0.15, -0.1) is 0 Å². The number of hydrogen-bond acceptors (Lipinski definition) is 5. The molecule has 0 radical (unpaired) electrons. The second-order valence-corrected chi connectivity index (χ2v) is 4.65. The topological polar surface area (TPSA) is 113 Å². The fraction of sp³-hybridized carbons (Fsp3) is 0.385. The van der Waals surface area contributed by atoms with Crippen molar-refractivity contribution in [3.8, 4) is 5.75 Å². The number of nitrogens with zero attached hydrogens (tertiary/aromatic N) is 1. The molecule has 1 heterocycles. The minimum Gasteiger partial charge on any atom is -0.497 e. The molecule has 2 rings (SSSR count). The lowest BCUT2D eigenvalue weighted by Crippen LogP contribution is -2.40. The third-order valence-corrected chi connectivity index (χ3v) is 3.31. The van der Waals surface area contributed by atoms with Crippen molar-refractivity contribution in [1.82, 2.24) is 4.90 Å². The summed E-state index contributed by atoms with van der Waals surface area (Å²) in [7, 11) is 1.48. The number of methoxy groups -OCH3 is 1. The largest absolute Gasteiger partial charge is 0.497 e. The van der Waals surface area contributed by atoms with Gasteiger partial charge in [0, 0.05) is 24.7 Å². The molecule has 0 unspecified atom stereocenters. The molecule has 1 saturated heterocycles. The maximum atomic E-state index is 12.4. The number of aliphatic hydroxyl groups is 1. The summed E-state index contributed by atoms with van der Waals surface area (Å²) in [6.45, 7) is -0.0126. The molecule has 108 valence electrons. The fourth-order valence-electron chi connectivity index (χ4n) is 2.29. The molecule has 0 bridgehead atoms. The normalized spacial score (nSPS) is 21.8. The summed E-state index contributed by atoms with van der Waals surface area (Å²) in [5, 5.41) is 18.7. The summed E-state index contributed by atoms with van der Waals surface area (Å²) in [6.07, 6.45) is -0.809. The van der Waals surface area contributed by atoms with Crippen LogP contribution in [0.3, 0.4) is 0 Å². The van der Waals surface area contributed by atoms with E-state index in [4.69, 9.17) is 15.6 Å². The summed E-state index contributed by atoms with van der Waals surface area (Å²) < 4.78 is 4.99. The van der Waals surface area contributed by atoms with Gasteiger partial charge in [-0.2, -0.15) is 0 Å². The van der Waals surface area contributed by atoms with Gasteiger partial charge in [0.1, 0.15) is 11.8 Å². The van der Waals surface area contributed by atoms with Crippen LogP contribution in [0.25, 0.3) is 0 Å². The lowest BCUT2D eigenvalue weighted by Gasteiger charge is -2.22. The zero-order valence-corrected chi connectivity index (χ0v) is 10.9. The van der Waals surface area contributed by atoms with Gasteiger partial charge in [0.15, 0.2) is 0 Å². The molecule has 2 atom stereocenters. The molecule has 1 aliphatic heterocycles. The molecule has 0 aromatic heterocycles. The van der Waals surface area contributed by atoms with Crippen LogP contribution in [0.4, 0.5) is 5.69 Å². The second-order valence-electron chi connectivity index (χ2n) is 4.65. The Bertz CT molecular complexity index is 546. The minimum atomic E-state index is -1.14. The van der Waals surface area contributed by atoms with E-state index < -0.39 is 24.0 Å². The number of carbonyl (C=O) groups is 2. The third kappa shape index (κ3) is 2.53. The number of nitrogens with two attached hydrogens (primary N) is 1. The molecular weight excluding hydrogens is 264 g/mol. The van der Waals surface area contributed by atoms with E-state index in [1.807, 2.05) is 0 Å². The van der Waals surface area contributed by atoms with Crippen molar-refractivity contribution in [2.24, 2.45) is 0 Å². The zero-order chi connectivity index (χ0) is 14.9. The van der Waals surface area contributed by atoms with Crippen LogP contribution in [0.5, 0.6) is 5.75 Å². The predicted octanol–water partition coefficient (Wildman–Crippen LogP) is -0.0626. The zero-order valence-electron chi connectivity index (χ0n) is 10.9. The van der Waals surface area contributed by atoms with E-state index in [1.54, 1.807) is 6.07 Å². The number of aliphatic hydroxyl groups excluding tert-OH is 1. The van der Waals surface area contributed by atoms with Gasteiger partial charge in [-0.3, -0.25) is 4.79 Å². The van der Waals surface area contributed by atoms with Crippen LogP contribution < -0.4 is 10.5 Å². The van der Waals surface area contributed by atoms with Crippen LogP contribution >= 0.6 is 0 Å². The minimum absolute atomic E-state index is 0.0126. The summed E-state index contributed by atoms with van der Waals surface area (Å²) in [6, 6.07) is 3.53. The molecule has 4 N–H and O–H groups in total. The predicted molar refractivity (Wildman–Crippen MR) is 70.5 cm³/mol. The Labute approximate surface area is 115 Å². The lowest BCUT2D eigenvalue weighted by molar-refractivity contribution is -0.141. The third-order valence-electron chi connectivity index (χ3n) is 3.31. The van der Waals surface area contributed by atoms with Crippen LogP contribution in [0.15, 0.2) is 18.2 Å². The van der Waals surface area contributed by atoms with Gasteiger partial charge in [0.2, 0.25) is 0 Å². The fourth-order valence-corrected chi connectivity index (χ4v) is 2.29. The number of nitrogen functional groups attached to an aromatic ring is 1. The summed E-state index contributed by atoms with van der Waals surface area (Å²) in [5.41, 5.74) is 6.19. The number of benzene rings is 1. The molecule has 1 aliphatic rings. The number of aliphatic carboxylic acids is 1. The number of amides is 1. The smallest absolute Gasteiger partial charge is 0.326 e. The maximum Gasteiger partial charge on any atom is 0.326 e. The second kappa shape index (κ2) is 5.38. The van der Waals surface area contributed by atoms with Crippen LogP contribution in [-0.4, -0.2) is 52.8 Å². The van der Waals surface area contributed by atoms with E-state index in [0.717, 1.165) is 4.90 Å². The lowest BCUT2D eigenvalue weighted by atomic mass is 10.1. The Kier molecular flexibility index (Phi) is 3.80. The van der Waals surface area contributed by atoms with Gasteiger partial charge in [-0.1, -0.05) is 0 Å². The standard InChI is InChI=1S/C13H16N2O5/c1-20-8-2-3-9(10(14)5-8)12(17)15-6-7(16)4-11(15)13(18)19/h2-3,5,7,11,16H,4,6,14H2,1H3,(H,18,19)/t7-,11-/m1/s1. The summed E-state index contributed by atoms with van der Waals surface area (Å²) in [4.78, 5) is 24.6. The van der Waals surface area contributed by atoms with E-state index in [0.29, 0.717) is 5.75 Å². The van der Waals surface area contributed by atoms with Crippen LogP contribution in [0.2, 0.25) is 0 Å². The van der Waals surface area contributed by atoms with Gasteiger partial charge in [0.25, 0.3) is 5.91 Å². The van der Waals surface area contributed by atoms with Crippen LogP contribution in [0.1, 0.15) is 16.8 Å². The monoisotopic (exact) mass is 280 g/mol. The quantitative estimate of drug-likeness (QED) is 0.668.